The van der Waals surface area contributed by atoms with Crippen LogP contribution in [0.2, 0.25) is 0 Å². The highest BCUT2D eigenvalue weighted by Gasteiger charge is 2.13. The van der Waals surface area contributed by atoms with Gasteiger partial charge in [-0.15, -0.1) is 0 Å². The molecule has 0 aliphatic rings. The van der Waals surface area contributed by atoms with Crippen molar-refractivity contribution in [1.82, 2.24) is 4.57 Å². The third-order valence-corrected chi connectivity index (χ3v) is 4.99. The standard InChI is InChI=1S/C20H20N2O4S/c1-4-26-18(23)12-22-16-9-8-15(25-3)11-17(16)27-20(22)21-19(24)14-7-5-6-13(2)10-14/h5-11H,4,12H2,1-3H3. The normalized spacial score (nSPS) is 11.6. The molecule has 0 radical (unpaired) electrons. The number of ether oxygens (including phenoxy) is 2. The molecule has 0 atom stereocenters. The van der Waals surface area contributed by atoms with Gasteiger partial charge in [0, 0.05) is 5.56 Å². The van der Waals surface area contributed by atoms with Crippen LogP contribution in [-0.2, 0) is 16.1 Å². The molecule has 27 heavy (non-hydrogen) atoms. The summed E-state index contributed by atoms with van der Waals surface area (Å²) in [5.74, 6) is -0.0316. The number of fused-ring (bicyclic) bond motifs is 1. The van der Waals surface area contributed by atoms with Gasteiger partial charge in [0.1, 0.15) is 12.3 Å². The minimum atomic E-state index is -0.377. The molecule has 0 N–H and O–H groups in total. The van der Waals surface area contributed by atoms with Crippen molar-refractivity contribution >= 4 is 33.4 Å². The number of carbonyl (C=O) groups is 2. The largest absolute Gasteiger partial charge is 0.497 e. The lowest BCUT2D eigenvalue weighted by Gasteiger charge is -2.05. The predicted molar refractivity (Wildman–Crippen MR) is 104 cm³/mol. The molecule has 1 heterocycles. The molecule has 0 saturated heterocycles. The van der Waals surface area contributed by atoms with Crippen LogP contribution < -0.4 is 9.54 Å². The second-order valence-electron chi connectivity index (χ2n) is 5.90. The van der Waals surface area contributed by atoms with E-state index in [-0.39, 0.29) is 18.4 Å². The van der Waals surface area contributed by atoms with Crippen LogP contribution in [0.25, 0.3) is 10.2 Å². The molecule has 7 heteroatoms. The average molecular weight is 384 g/mol. The number of amides is 1. The average Bonchev–Trinajstić information content (AvgIpc) is 2.98. The van der Waals surface area contributed by atoms with E-state index in [1.165, 1.54) is 11.3 Å². The van der Waals surface area contributed by atoms with Gasteiger partial charge in [0.2, 0.25) is 0 Å². The van der Waals surface area contributed by atoms with E-state index in [1.807, 2.05) is 37.3 Å². The number of aromatic nitrogens is 1. The molecule has 1 amide bonds. The lowest BCUT2D eigenvalue weighted by Crippen LogP contribution is -2.23. The van der Waals surface area contributed by atoms with Gasteiger partial charge in [-0.05, 0) is 44.2 Å². The van der Waals surface area contributed by atoms with Gasteiger partial charge in [0.15, 0.2) is 4.80 Å². The van der Waals surface area contributed by atoms with Gasteiger partial charge in [-0.1, -0.05) is 29.0 Å². The number of benzene rings is 2. The number of esters is 1. The highest BCUT2D eigenvalue weighted by atomic mass is 32.1. The number of thiazole rings is 1. The summed E-state index contributed by atoms with van der Waals surface area (Å²) in [6, 6.07) is 12.8. The summed E-state index contributed by atoms with van der Waals surface area (Å²) in [5, 5.41) is 0. The van der Waals surface area contributed by atoms with Crippen LogP contribution in [0.4, 0.5) is 0 Å². The molecule has 0 spiro atoms. The Kier molecular flexibility index (Phi) is 5.71. The Hall–Kier alpha value is -2.93. The van der Waals surface area contributed by atoms with Crippen molar-refractivity contribution in [2.45, 2.75) is 20.4 Å². The Morgan fingerprint density at radius 2 is 2.00 bits per heavy atom. The highest BCUT2D eigenvalue weighted by molar-refractivity contribution is 7.16. The molecular formula is C20H20N2O4S. The molecule has 0 saturated carbocycles. The molecule has 0 unspecified atom stereocenters. The smallest absolute Gasteiger partial charge is 0.326 e. The van der Waals surface area contributed by atoms with Gasteiger partial charge in [-0.3, -0.25) is 9.59 Å². The number of carbonyl (C=O) groups excluding carboxylic acids is 2. The predicted octanol–water partition coefficient (Wildman–Crippen LogP) is 3.32. The van der Waals surface area contributed by atoms with Gasteiger partial charge in [0.25, 0.3) is 5.91 Å². The molecule has 0 aliphatic carbocycles. The summed E-state index contributed by atoms with van der Waals surface area (Å²) in [4.78, 5) is 29.4. The SMILES string of the molecule is CCOC(=O)Cn1c(=NC(=O)c2cccc(C)c2)sc2cc(OC)ccc21. The molecule has 1 aromatic heterocycles. The Labute approximate surface area is 160 Å². The van der Waals surface area contributed by atoms with Gasteiger partial charge in [-0.25, -0.2) is 0 Å². The zero-order valence-electron chi connectivity index (χ0n) is 15.4. The van der Waals surface area contributed by atoms with Crippen molar-refractivity contribution in [3.8, 4) is 5.75 Å². The summed E-state index contributed by atoms with van der Waals surface area (Å²) in [6.07, 6.45) is 0. The van der Waals surface area contributed by atoms with Gasteiger partial charge >= 0.3 is 5.97 Å². The summed E-state index contributed by atoms with van der Waals surface area (Å²) < 4.78 is 12.9. The van der Waals surface area contributed by atoms with E-state index in [0.717, 1.165) is 15.8 Å². The molecule has 6 nitrogen and oxygen atoms in total. The van der Waals surface area contributed by atoms with E-state index >= 15 is 0 Å². The Balaban J connectivity index is 2.11. The van der Waals surface area contributed by atoms with Crippen molar-refractivity contribution in [3.05, 3.63) is 58.4 Å². The van der Waals surface area contributed by atoms with Crippen LogP contribution in [0.15, 0.2) is 47.5 Å². The second-order valence-corrected chi connectivity index (χ2v) is 6.90. The van der Waals surface area contributed by atoms with E-state index in [2.05, 4.69) is 4.99 Å². The second kappa shape index (κ2) is 8.18. The van der Waals surface area contributed by atoms with Crippen molar-refractivity contribution in [3.63, 3.8) is 0 Å². The summed E-state index contributed by atoms with van der Waals surface area (Å²) in [6.45, 7) is 3.96. The fourth-order valence-corrected chi connectivity index (χ4v) is 3.74. The fraction of sp³-hybridized carbons (Fsp3) is 0.250. The lowest BCUT2D eigenvalue weighted by atomic mass is 10.1. The molecule has 3 aromatic rings. The highest BCUT2D eigenvalue weighted by Crippen LogP contribution is 2.23. The molecule has 0 fully saturated rings. The summed E-state index contributed by atoms with van der Waals surface area (Å²) in [5.41, 5.74) is 2.29. The maximum atomic E-state index is 12.6. The third-order valence-electron chi connectivity index (χ3n) is 3.94. The monoisotopic (exact) mass is 384 g/mol. The third kappa shape index (κ3) is 4.25. The van der Waals surface area contributed by atoms with Crippen LogP contribution in [0.5, 0.6) is 5.75 Å². The molecule has 3 rings (SSSR count). The molecule has 0 aliphatic heterocycles. The summed E-state index contributed by atoms with van der Waals surface area (Å²) >= 11 is 1.33. The topological polar surface area (TPSA) is 69.9 Å². The molecule has 140 valence electrons. The lowest BCUT2D eigenvalue weighted by molar-refractivity contribution is -0.143. The number of aryl methyl sites for hydroxylation is 1. The maximum absolute atomic E-state index is 12.6. The van der Waals surface area contributed by atoms with Crippen molar-refractivity contribution in [1.29, 1.82) is 0 Å². The molecular weight excluding hydrogens is 364 g/mol. The minimum Gasteiger partial charge on any atom is -0.497 e. The fourth-order valence-electron chi connectivity index (χ4n) is 2.68. The Bertz CT molecular complexity index is 1070. The van der Waals surface area contributed by atoms with E-state index in [0.29, 0.717) is 22.7 Å². The zero-order valence-corrected chi connectivity index (χ0v) is 16.2. The Morgan fingerprint density at radius 1 is 1.19 bits per heavy atom. The van der Waals surface area contributed by atoms with Gasteiger partial charge in [-0.2, -0.15) is 4.99 Å². The first-order valence-electron chi connectivity index (χ1n) is 8.50. The van der Waals surface area contributed by atoms with Crippen LogP contribution in [-0.4, -0.2) is 30.2 Å². The first kappa shape index (κ1) is 18.8. The number of hydrogen-bond donors (Lipinski definition) is 0. The number of nitrogens with zero attached hydrogens (tertiary/aromatic N) is 2. The Morgan fingerprint density at radius 3 is 2.70 bits per heavy atom. The molecule has 0 bridgehead atoms. The quantitative estimate of drug-likeness (QED) is 0.633. The van der Waals surface area contributed by atoms with E-state index in [9.17, 15) is 9.59 Å². The van der Waals surface area contributed by atoms with Gasteiger partial charge < -0.3 is 14.0 Å². The van der Waals surface area contributed by atoms with Crippen LogP contribution in [0.3, 0.4) is 0 Å². The van der Waals surface area contributed by atoms with Crippen LogP contribution >= 0.6 is 11.3 Å². The first-order chi connectivity index (χ1) is 13.0. The zero-order chi connectivity index (χ0) is 19.4. The van der Waals surface area contributed by atoms with E-state index in [1.54, 1.807) is 30.7 Å². The molecule has 2 aromatic carbocycles. The first-order valence-corrected chi connectivity index (χ1v) is 9.32. The summed E-state index contributed by atoms with van der Waals surface area (Å²) in [7, 11) is 1.59. The number of methoxy groups -OCH3 is 1. The number of hydrogen-bond acceptors (Lipinski definition) is 5. The van der Waals surface area contributed by atoms with Crippen molar-refractivity contribution in [2.24, 2.45) is 4.99 Å². The number of rotatable bonds is 5. The van der Waals surface area contributed by atoms with Gasteiger partial charge in [0.05, 0.1) is 23.9 Å². The van der Waals surface area contributed by atoms with Crippen LogP contribution in [0.1, 0.15) is 22.8 Å². The van der Waals surface area contributed by atoms with Crippen molar-refractivity contribution < 1.29 is 19.1 Å². The van der Waals surface area contributed by atoms with E-state index < -0.39 is 0 Å². The van der Waals surface area contributed by atoms with E-state index in [4.69, 9.17) is 9.47 Å². The van der Waals surface area contributed by atoms with Crippen molar-refractivity contribution in [2.75, 3.05) is 13.7 Å². The van der Waals surface area contributed by atoms with Crippen LogP contribution in [0, 0.1) is 6.92 Å². The maximum Gasteiger partial charge on any atom is 0.326 e. The minimum absolute atomic E-state index is 0.0138.